The van der Waals surface area contributed by atoms with Gasteiger partial charge in [-0.3, -0.25) is 0 Å². The van der Waals surface area contributed by atoms with Gasteiger partial charge in [0.2, 0.25) is 5.82 Å². The van der Waals surface area contributed by atoms with Crippen molar-refractivity contribution >= 4 is 23.2 Å². The molecule has 0 amide bonds. The third-order valence-corrected chi connectivity index (χ3v) is 4.20. The minimum absolute atomic E-state index is 0.275. The number of pyridine rings is 1. The topological polar surface area (TPSA) is 122 Å². The van der Waals surface area contributed by atoms with Crippen LogP contribution in [-0.2, 0) is 13.0 Å². The lowest BCUT2D eigenvalue weighted by Crippen LogP contribution is -2.04. The van der Waals surface area contributed by atoms with E-state index in [0.717, 1.165) is 16.9 Å². The minimum atomic E-state index is 0.275. The number of anilines is 2. The Morgan fingerprint density at radius 3 is 2.44 bits per heavy atom. The van der Waals surface area contributed by atoms with Crippen molar-refractivity contribution < 1.29 is 4.42 Å². The summed E-state index contributed by atoms with van der Waals surface area (Å²) in [6, 6.07) is 15.1. The number of nitrogens with zero attached hydrogens (tertiary/aromatic N) is 5. The Bertz CT molecular complexity index is 1070. The molecule has 0 fully saturated rings. The zero-order valence-corrected chi connectivity index (χ0v) is 15.0. The van der Waals surface area contributed by atoms with Crippen LogP contribution in [0.5, 0.6) is 0 Å². The molecule has 0 saturated heterocycles. The third kappa shape index (κ3) is 3.90. The summed E-state index contributed by atoms with van der Waals surface area (Å²) in [6.45, 7) is 0.488. The van der Waals surface area contributed by atoms with Gasteiger partial charge in [0.05, 0.1) is 12.1 Å². The molecule has 0 unspecified atom stereocenters. The van der Waals surface area contributed by atoms with Gasteiger partial charge in [-0.05, 0) is 52.2 Å². The highest BCUT2D eigenvalue weighted by atomic mass is 35.5. The van der Waals surface area contributed by atoms with Crippen LogP contribution in [0.25, 0.3) is 11.4 Å². The van der Waals surface area contributed by atoms with Crippen molar-refractivity contribution in [2.24, 2.45) is 0 Å². The van der Waals surface area contributed by atoms with Crippen LogP contribution >= 0.6 is 11.6 Å². The van der Waals surface area contributed by atoms with Gasteiger partial charge in [-0.2, -0.15) is 4.80 Å². The Morgan fingerprint density at radius 2 is 1.74 bits per heavy atom. The molecular weight excluding hydrogens is 366 g/mol. The summed E-state index contributed by atoms with van der Waals surface area (Å²) in [7, 11) is 0. The van der Waals surface area contributed by atoms with E-state index in [9.17, 15) is 0 Å². The molecule has 0 aliphatic rings. The highest BCUT2D eigenvalue weighted by molar-refractivity contribution is 6.28. The van der Waals surface area contributed by atoms with E-state index in [1.54, 1.807) is 18.2 Å². The molecule has 27 heavy (non-hydrogen) atoms. The molecule has 4 aromatic rings. The molecule has 4 N–H and O–H groups in total. The number of nitrogen functional groups attached to an aromatic ring is 2. The van der Waals surface area contributed by atoms with Crippen LogP contribution in [0.4, 0.5) is 11.6 Å². The van der Waals surface area contributed by atoms with Crippen LogP contribution < -0.4 is 11.5 Å². The fraction of sp³-hybridized carbons (Fsp3) is 0.111. The van der Waals surface area contributed by atoms with Crippen molar-refractivity contribution in [1.29, 1.82) is 0 Å². The Balaban J connectivity index is 1.46. The Morgan fingerprint density at radius 1 is 0.963 bits per heavy atom. The Hall–Kier alpha value is -3.39. The Labute approximate surface area is 159 Å². The van der Waals surface area contributed by atoms with E-state index in [2.05, 4.69) is 20.4 Å². The summed E-state index contributed by atoms with van der Waals surface area (Å²) in [4.78, 5) is 5.52. The number of benzene rings is 1. The first-order chi connectivity index (χ1) is 13.1. The van der Waals surface area contributed by atoms with Gasteiger partial charge < -0.3 is 15.9 Å². The van der Waals surface area contributed by atoms with E-state index in [0.29, 0.717) is 35.4 Å². The molecule has 0 spiro atoms. The highest BCUT2D eigenvalue weighted by Crippen LogP contribution is 2.21. The molecular formula is C18H16ClN7O. The van der Waals surface area contributed by atoms with E-state index >= 15 is 0 Å². The molecule has 0 radical (unpaired) electrons. The first kappa shape index (κ1) is 17.0. The van der Waals surface area contributed by atoms with E-state index in [4.69, 9.17) is 27.5 Å². The van der Waals surface area contributed by atoms with Crippen molar-refractivity contribution in [1.82, 2.24) is 25.2 Å². The average Bonchev–Trinajstić information content (AvgIpc) is 3.26. The number of aromatic nitrogens is 5. The summed E-state index contributed by atoms with van der Waals surface area (Å²) in [6.07, 6.45) is 0.683. The third-order valence-electron chi connectivity index (χ3n) is 3.99. The molecule has 136 valence electrons. The van der Waals surface area contributed by atoms with Crippen LogP contribution in [0.2, 0.25) is 5.22 Å². The molecule has 0 bridgehead atoms. The van der Waals surface area contributed by atoms with Gasteiger partial charge in [0.1, 0.15) is 17.4 Å². The standard InChI is InChI=1S/C18H16ClN7O/c19-15-7-5-13(27-15)9-11-1-3-12(4-2-11)10-26-24-18(23-25-26)14-6-8-16(20)22-17(14)21/h1-8H,9-10H2,(H4,20,21,22). The lowest BCUT2D eigenvalue weighted by molar-refractivity contribution is 0.522. The maximum absolute atomic E-state index is 5.87. The first-order valence-electron chi connectivity index (χ1n) is 8.19. The summed E-state index contributed by atoms with van der Waals surface area (Å²) >= 11 is 5.80. The van der Waals surface area contributed by atoms with E-state index in [-0.39, 0.29) is 5.82 Å². The zero-order chi connectivity index (χ0) is 18.8. The molecule has 1 aromatic carbocycles. The van der Waals surface area contributed by atoms with Crippen molar-refractivity contribution in [3.8, 4) is 11.4 Å². The largest absolute Gasteiger partial charge is 0.449 e. The Kier molecular flexibility index (Phi) is 4.47. The van der Waals surface area contributed by atoms with Crippen LogP contribution in [0, 0.1) is 0 Å². The summed E-state index contributed by atoms with van der Waals surface area (Å²) in [5.74, 6) is 1.86. The van der Waals surface area contributed by atoms with Gasteiger partial charge in [-0.1, -0.05) is 24.3 Å². The lowest BCUT2D eigenvalue weighted by Gasteiger charge is -2.03. The first-order valence-corrected chi connectivity index (χ1v) is 8.57. The van der Waals surface area contributed by atoms with Crippen LogP contribution in [0.1, 0.15) is 16.9 Å². The maximum Gasteiger partial charge on any atom is 0.208 e. The van der Waals surface area contributed by atoms with E-state index < -0.39 is 0 Å². The molecule has 9 heteroatoms. The number of rotatable bonds is 5. The second-order valence-electron chi connectivity index (χ2n) is 6.01. The fourth-order valence-electron chi connectivity index (χ4n) is 2.67. The summed E-state index contributed by atoms with van der Waals surface area (Å²) in [5, 5.41) is 12.9. The maximum atomic E-state index is 5.87. The van der Waals surface area contributed by atoms with Crippen LogP contribution in [0.15, 0.2) is 52.9 Å². The average molecular weight is 382 g/mol. The summed E-state index contributed by atoms with van der Waals surface area (Å²) < 4.78 is 5.39. The number of tetrazole rings is 1. The lowest BCUT2D eigenvalue weighted by atomic mass is 10.1. The van der Waals surface area contributed by atoms with Gasteiger partial charge in [-0.25, -0.2) is 4.98 Å². The molecule has 4 rings (SSSR count). The normalized spacial score (nSPS) is 11.0. The van der Waals surface area contributed by atoms with Gasteiger partial charge in [0, 0.05) is 6.42 Å². The number of hydrogen-bond acceptors (Lipinski definition) is 7. The number of furan rings is 1. The molecule has 0 aliphatic heterocycles. The number of nitrogens with two attached hydrogens (primary N) is 2. The van der Waals surface area contributed by atoms with Gasteiger partial charge in [0.25, 0.3) is 0 Å². The van der Waals surface area contributed by atoms with Gasteiger partial charge in [-0.15, -0.1) is 10.2 Å². The predicted octanol–water partition coefficient (Wildman–Crippen LogP) is 2.79. The van der Waals surface area contributed by atoms with Crippen LogP contribution in [-0.4, -0.2) is 25.2 Å². The number of hydrogen-bond donors (Lipinski definition) is 2. The van der Waals surface area contributed by atoms with Crippen molar-refractivity contribution in [2.45, 2.75) is 13.0 Å². The molecule has 3 heterocycles. The van der Waals surface area contributed by atoms with E-state index in [1.807, 2.05) is 30.3 Å². The van der Waals surface area contributed by atoms with Crippen molar-refractivity contribution in [2.75, 3.05) is 11.5 Å². The molecule has 3 aromatic heterocycles. The molecule has 0 saturated carbocycles. The SMILES string of the molecule is Nc1ccc(-c2nnn(Cc3ccc(Cc4ccc(Cl)o4)cc3)n2)c(N)n1. The van der Waals surface area contributed by atoms with Gasteiger partial charge >= 0.3 is 0 Å². The van der Waals surface area contributed by atoms with Crippen molar-refractivity contribution in [3.63, 3.8) is 0 Å². The molecule has 0 atom stereocenters. The smallest absolute Gasteiger partial charge is 0.208 e. The quantitative estimate of drug-likeness (QED) is 0.545. The number of halogens is 1. The van der Waals surface area contributed by atoms with Crippen molar-refractivity contribution in [3.05, 3.63) is 70.6 Å². The monoisotopic (exact) mass is 381 g/mol. The second-order valence-corrected chi connectivity index (χ2v) is 6.38. The van der Waals surface area contributed by atoms with E-state index in [1.165, 1.54) is 4.80 Å². The second kappa shape index (κ2) is 7.08. The predicted molar refractivity (Wildman–Crippen MR) is 102 cm³/mol. The van der Waals surface area contributed by atoms with Gasteiger partial charge in [0.15, 0.2) is 5.22 Å². The zero-order valence-electron chi connectivity index (χ0n) is 14.2. The molecule has 8 nitrogen and oxygen atoms in total. The van der Waals surface area contributed by atoms with Crippen LogP contribution in [0.3, 0.4) is 0 Å². The fourth-order valence-corrected chi connectivity index (χ4v) is 2.83. The highest BCUT2D eigenvalue weighted by Gasteiger charge is 2.11. The molecule has 0 aliphatic carbocycles. The summed E-state index contributed by atoms with van der Waals surface area (Å²) in [5.41, 5.74) is 14.3. The minimum Gasteiger partial charge on any atom is -0.449 e.